The molecule has 0 bridgehead atoms. The summed E-state index contributed by atoms with van der Waals surface area (Å²) in [5.41, 5.74) is 3.50. The number of fused-ring (bicyclic) bond motifs is 1. The SMILES string of the molecule is Cc1ccc(S(=O)(=O)C2C/C=C/CCc3ccccc3C2)cc1. The summed E-state index contributed by atoms with van der Waals surface area (Å²) in [5, 5.41) is -0.402. The third-order valence-electron chi connectivity index (χ3n) is 4.50. The zero-order chi connectivity index (χ0) is 16.3. The van der Waals surface area contributed by atoms with Gasteiger partial charge in [-0.05, 0) is 55.9 Å². The van der Waals surface area contributed by atoms with Gasteiger partial charge in [0.15, 0.2) is 9.84 Å². The van der Waals surface area contributed by atoms with Crippen LogP contribution >= 0.6 is 0 Å². The number of hydrogen-bond donors (Lipinski definition) is 0. The van der Waals surface area contributed by atoms with Gasteiger partial charge in [-0.2, -0.15) is 0 Å². The van der Waals surface area contributed by atoms with Crippen LogP contribution in [-0.2, 0) is 22.7 Å². The van der Waals surface area contributed by atoms with Crippen LogP contribution in [0.2, 0.25) is 0 Å². The van der Waals surface area contributed by atoms with Crippen LogP contribution in [0, 0.1) is 6.92 Å². The van der Waals surface area contributed by atoms with Crippen LogP contribution in [0.1, 0.15) is 29.5 Å². The first-order chi connectivity index (χ1) is 11.1. The minimum atomic E-state index is -3.33. The number of allylic oxidation sites excluding steroid dienone is 2. The predicted molar refractivity (Wildman–Crippen MR) is 94.4 cm³/mol. The smallest absolute Gasteiger partial charge is 0.181 e. The fourth-order valence-corrected chi connectivity index (χ4v) is 4.75. The maximum atomic E-state index is 13.1. The van der Waals surface area contributed by atoms with Crippen molar-refractivity contribution in [3.8, 4) is 0 Å². The maximum Gasteiger partial charge on any atom is 0.181 e. The molecule has 120 valence electrons. The summed E-state index contributed by atoms with van der Waals surface area (Å²) < 4.78 is 26.1. The molecule has 0 aromatic heterocycles. The molecule has 1 aliphatic rings. The molecule has 3 rings (SSSR count). The van der Waals surface area contributed by atoms with E-state index in [1.54, 1.807) is 12.1 Å². The van der Waals surface area contributed by atoms with Gasteiger partial charge in [0.2, 0.25) is 0 Å². The van der Waals surface area contributed by atoms with Crippen LogP contribution < -0.4 is 0 Å². The van der Waals surface area contributed by atoms with Crippen LogP contribution in [0.15, 0.2) is 65.6 Å². The van der Waals surface area contributed by atoms with Crippen LogP contribution in [0.4, 0.5) is 0 Å². The summed E-state index contributed by atoms with van der Waals surface area (Å²) >= 11 is 0. The van der Waals surface area contributed by atoms with Gasteiger partial charge in [0, 0.05) is 0 Å². The van der Waals surface area contributed by atoms with Gasteiger partial charge in [-0.25, -0.2) is 8.42 Å². The molecule has 1 atom stereocenters. The summed E-state index contributed by atoms with van der Waals surface area (Å²) in [6.45, 7) is 1.97. The molecular formula is C20H22O2S. The van der Waals surface area contributed by atoms with Crippen molar-refractivity contribution in [2.24, 2.45) is 0 Å². The topological polar surface area (TPSA) is 34.1 Å². The number of aryl methyl sites for hydroxylation is 2. The Kier molecular flexibility index (Phi) is 4.67. The third-order valence-corrected chi connectivity index (χ3v) is 6.67. The molecule has 0 radical (unpaired) electrons. The first-order valence-electron chi connectivity index (χ1n) is 8.10. The fraction of sp³-hybridized carbons (Fsp3) is 0.300. The van der Waals surface area contributed by atoms with E-state index in [1.807, 2.05) is 37.3 Å². The summed E-state index contributed by atoms with van der Waals surface area (Å²) in [4.78, 5) is 0.429. The molecule has 0 N–H and O–H groups in total. The largest absolute Gasteiger partial charge is 0.223 e. The maximum absolute atomic E-state index is 13.1. The zero-order valence-corrected chi connectivity index (χ0v) is 14.2. The molecule has 0 aliphatic heterocycles. The van der Waals surface area contributed by atoms with Gasteiger partial charge >= 0.3 is 0 Å². The van der Waals surface area contributed by atoms with Crippen molar-refractivity contribution in [2.45, 2.75) is 42.8 Å². The molecular weight excluding hydrogens is 304 g/mol. The highest BCUT2D eigenvalue weighted by molar-refractivity contribution is 7.92. The highest BCUT2D eigenvalue weighted by Crippen LogP contribution is 2.25. The molecule has 23 heavy (non-hydrogen) atoms. The normalized spacial score (nSPS) is 20.0. The molecule has 2 aromatic rings. The van der Waals surface area contributed by atoms with Gasteiger partial charge in [-0.3, -0.25) is 0 Å². The molecule has 1 unspecified atom stereocenters. The minimum absolute atomic E-state index is 0.402. The van der Waals surface area contributed by atoms with Crippen LogP contribution in [0.25, 0.3) is 0 Å². The number of hydrogen-bond acceptors (Lipinski definition) is 2. The minimum Gasteiger partial charge on any atom is -0.223 e. The standard InChI is InChI=1S/C20H22O2S/c1-16-11-13-19(14-12-16)23(21,22)20-10-4-2-3-7-17-8-5-6-9-18(17)15-20/h2,4-6,8-9,11-14,20H,3,7,10,15H2,1H3/b4-2+. The Morgan fingerprint density at radius 2 is 1.61 bits per heavy atom. The second-order valence-electron chi connectivity index (χ2n) is 6.20. The van der Waals surface area contributed by atoms with E-state index in [-0.39, 0.29) is 0 Å². The lowest BCUT2D eigenvalue weighted by atomic mass is 9.99. The lowest BCUT2D eigenvalue weighted by Gasteiger charge is -2.18. The quantitative estimate of drug-likeness (QED) is 0.772. The molecule has 0 amide bonds. The molecule has 2 aromatic carbocycles. The summed E-state index contributed by atoms with van der Waals surface area (Å²) in [7, 11) is -3.33. The van der Waals surface area contributed by atoms with E-state index in [2.05, 4.69) is 18.2 Å². The Morgan fingerprint density at radius 1 is 0.913 bits per heavy atom. The Hall–Kier alpha value is -1.87. The van der Waals surface area contributed by atoms with E-state index < -0.39 is 15.1 Å². The Morgan fingerprint density at radius 3 is 2.35 bits per heavy atom. The van der Waals surface area contributed by atoms with Crippen molar-refractivity contribution in [1.82, 2.24) is 0 Å². The Labute approximate surface area is 138 Å². The van der Waals surface area contributed by atoms with Gasteiger partial charge in [-0.15, -0.1) is 0 Å². The first-order valence-corrected chi connectivity index (χ1v) is 9.64. The van der Waals surface area contributed by atoms with E-state index in [0.717, 1.165) is 24.0 Å². The van der Waals surface area contributed by atoms with Crippen molar-refractivity contribution in [3.05, 3.63) is 77.4 Å². The Bertz CT molecular complexity index is 802. The predicted octanol–water partition coefficient (Wildman–Crippen LogP) is 4.27. The monoisotopic (exact) mass is 326 g/mol. The van der Waals surface area contributed by atoms with E-state index in [0.29, 0.717) is 17.7 Å². The molecule has 0 heterocycles. The van der Waals surface area contributed by atoms with Gasteiger partial charge in [0.1, 0.15) is 0 Å². The lowest BCUT2D eigenvalue weighted by molar-refractivity contribution is 0.577. The van der Waals surface area contributed by atoms with Crippen molar-refractivity contribution in [2.75, 3.05) is 0 Å². The molecule has 1 aliphatic carbocycles. The van der Waals surface area contributed by atoms with Gasteiger partial charge < -0.3 is 0 Å². The molecule has 3 heteroatoms. The molecule has 0 saturated carbocycles. The number of benzene rings is 2. The summed E-state index contributed by atoms with van der Waals surface area (Å²) in [5.74, 6) is 0. The summed E-state index contributed by atoms with van der Waals surface area (Å²) in [6, 6.07) is 15.4. The molecule has 0 fully saturated rings. The van der Waals surface area contributed by atoms with Gasteiger partial charge in [0.25, 0.3) is 0 Å². The second kappa shape index (κ2) is 6.71. The number of sulfone groups is 1. The highest BCUT2D eigenvalue weighted by atomic mass is 32.2. The fourth-order valence-electron chi connectivity index (χ4n) is 3.09. The van der Waals surface area contributed by atoms with Crippen molar-refractivity contribution in [1.29, 1.82) is 0 Å². The second-order valence-corrected chi connectivity index (χ2v) is 8.43. The third kappa shape index (κ3) is 3.56. The van der Waals surface area contributed by atoms with E-state index in [1.165, 1.54) is 5.56 Å². The average Bonchev–Trinajstić information content (AvgIpc) is 2.65. The lowest BCUT2D eigenvalue weighted by Crippen LogP contribution is -2.24. The van der Waals surface area contributed by atoms with Gasteiger partial charge in [-0.1, -0.05) is 54.1 Å². The van der Waals surface area contributed by atoms with E-state index in [9.17, 15) is 8.42 Å². The average molecular weight is 326 g/mol. The van der Waals surface area contributed by atoms with Crippen LogP contribution in [0.3, 0.4) is 0 Å². The van der Waals surface area contributed by atoms with Gasteiger partial charge in [0.05, 0.1) is 10.1 Å². The molecule has 2 nitrogen and oxygen atoms in total. The van der Waals surface area contributed by atoms with Crippen LogP contribution in [-0.4, -0.2) is 13.7 Å². The van der Waals surface area contributed by atoms with Crippen molar-refractivity contribution >= 4 is 9.84 Å². The first kappa shape index (κ1) is 16.0. The van der Waals surface area contributed by atoms with Crippen molar-refractivity contribution < 1.29 is 8.42 Å². The zero-order valence-electron chi connectivity index (χ0n) is 13.4. The molecule has 0 spiro atoms. The molecule has 0 saturated heterocycles. The Balaban J connectivity index is 1.98. The van der Waals surface area contributed by atoms with E-state index >= 15 is 0 Å². The number of rotatable bonds is 2. The highest BCUT2D eigenvalue weighted by Gasteiger charge is 2.27. The summed E-state index contributed by atoms with van der Waals surface area (Å²) in [6.07, 6.45) is 7.24. The van der Waals surface area contributed by atoms with Crippen molar-refractivity contribution in [3.63, 3.8) is 0 Å². The van der Waals surface area contributed by atoms with Crippen LogP contribution in [0.5, 0.6) is 0 Å². The van der Waals surface area contributed by atoms with E-state index in [4.69, 9.17) is 0 Å².